The molecule has 0 aliphatic heterocycles. The molecule has 17 heavy (non-hydrogen) atoms. The van der Waals surface area contributed by atoms with Crippen LogP contribution in [0.25, 0.3) is 6.08 Å². The van der Waals surface area contributed by atoms with Crippen molar-refractivity contribution in [2.45, 2.75) is 19.4 Å². The third-order valence-corrected chi connectivity index (χ3v) is 3.51. The van der Waals surface area contributed by atoms with Crippen LogP contribution in [0.5, 0.6) is 0 Å². The Morgan fingerprint density at radius 2 is 2.35 bits per heavy atom. The fraction of sp³-hybridized carbons (Fsp3) is 0.273. The number of thiophene rings is 1. The van der Waals surface area contributed by atoms with Gasteiger partial charge in [0, 0.05) is 26.8 Å². The first-order chi connectivity index (χ1) is 7.97. The van der Waals surface area contributed by atoms with Crippen molar-refractivity contribution in [1.82, 2.24) is 5.32 Å². The fourth-order valence-corrected chi connectivity index (χ4v) is 2.51. The molecule has 0 saturated carbocycles. The molecule has 4 nitrogen and oxygen atoms in total. The zero-order valence-corrected chi connectivity index (χ0v) is 11.5. The predicted octanol–water partition coefficient (Wildman–Crippen LogP) is 2.50. The van der Waals surface area contributed by atoms with Crippen LogP contribution in [0.3, 0.4) is 0 Å². The molecule has 92 valence electrons. The smallest absolute Gasteiger partial charge is 0.305 e. The van der Waals surface area contributed by atoms with Crippen LogP contribution in [-0.2, 0) is 9.59 Å². The first kappa shape index (κ1) is 13.9. The molecule has 1 aromatic rings. The summed E-state index contributed by atoms with van der Waals surface area (Å²) in [7, 11) is 0. The molecule has 0 spiro atoms. The summed E-state index contributed by atoms with van der Waals surface area (Å²) in [6.07, 6.45) is 3.01. The van der Waals surface area contributed by atoms with Gasteiger partial charge in [0.25, 0.3) is 0 Å². The summed E-state index contributed by atoms with van der Waals surface area (Å²) in [5.74, 6) is -1.22. The van der Waals surface area contributed by atoms with E-state index in [4.69, 9.17) is 5.11 Å². The molecule has 1 atom stereocenters. The maximum Gasteiger partial charge on any atom is 0.305 e. The number of carbonyl (C=O) groups is 2. The number of halogens is 1. The first-order valence-electron chi connectivity index (χ1n) is 4.92. The molecule has 0 aromatic carbocycles. The predicted molar refractivity (Wildman–Crippen MR) is 70.9 cm³/mol. The van der Waals surface area contributed by atoms with Gasteiger partial charge in [0.2, 0.25) is 5.91 Å². The van der Waals surface area contributed by atoms with E-state index in [-0.39, 0.29) is 18.4 Å². The molecule has 0 aliphatic carbocycles. The van der Waals surface area contributed by atoms with Gasteiger partial charge in [-0.2, -0.15) is 0 Å². The van der Waals surface area contributed by atoms with Gasteiger partial charge < -0.3 is 10.4 Å². The van der Waals surface area contributed by atoms with Gasteiger partial charge in [0.05, 0.1) is 6.42 Å². The van der Waals surface area contributed by atoms with Crippen LogP contribution in [0.4, 0.5) is 0 Å². The van der Waals surface area contributed by atoms with E-state index >= 15 is 0 Å². The summed E-state index contributed by atoms with van der Waals surface area (Å²) in [4.78, 5) is 22.8. The van der Waals surface area contributed by atoms with E-state index in [2.05, 4.69) is 21.2 Å². The lowest BCUT2D eigenvalue weighted by molar-refractivity contribution is -0.137. The third-order valence-electron chi connectivity index (χ3n) is 1.86. The molecule has 1 rings (SSSR count). The highest BCUT2D eigenvalue weighted by atomic mass is 79.9. The normalized spacial score (nSPS) is 12.6. The molecule has 2 N–H and O–H groups in total. The van der Waals surface area contributed by atoms with E-state index in [1.165, 1.54) is 17.4 Å². The number of nitrogens with one attached hydrogen (secondary N) is 1. The molecule has 1 heterocycles. The zero-order chi connectivity index (χ0) is 12.8. The topological polar surface area (TPSA) is 66.4 Å². The van der Waals surface area contributed by atoms with Crippen molar-refractivity contribution in [3.63, 3.8) is 0 Å². The van der Waals surface area contributed by atoms with Crippen LogP contribution in [0.15, 0.2) is 22.0 Å². The van der Waals surface area contributed by atoms with E-state index in [9.17, 15) is 9.59 Å². The first-order valence-corrected chi connectivity index (χ1v) is 6.59. The minimum atomic E-state index is -0.927. The number of hydrogen-bond acceptors (Lipinski definition) is 3. The van der Waals surface area contributed by atoms with Crippen molar-refractivity contribution < 1.29 is 14.7 Å². The fourth-order valence-electron chi connectivity index (χ4n) is 1.18. The molecule has 6 heteroatoms. The second-order valence-electron chi connectivity index (χ2n) is 3.51. The average Bonchev–Trinajstić information content (AvgIpc) is 2.59. The molecular formula is C11H12BrNO3S. The molecule has 0 saturated heterocycles. The molecule has 0 bridgehead atoms. The van der Waals surface area contributed by atoms with Crippen molar-refractivity contribution in [3.05, 3.63) is 26.9 Å². The number of carbonyl (C=O) groups excluding carboxylic acids is 1. The molecular weight excluding hydrogens is 306 g/mol. The number of carboxylic acids is 1. The Labute approximate surface area is 111 Å². The van der Waals surface area contributed by atoms with Crippen molar-refractivity contribution in [3.8, 4) is 0 Å². The van der Waals surface area contributed by atoms with Crippen LogP contribution in [0.2, 0.25) is 0 Å². The Morgan fingerprint density at radius 3 is 2.88 bits per heavy atom. The van der Waals surface area contributed by atoms with Gasteiger partial charge in [-0.3, -0.25) is 9.59 Å². The Bertz CT molecular complexity index is 442. The summed E-state index contributed by atoms with van der Waals surface area (Å²) in [5.41, 5.74) is 0. The van der Waals surface area contributed by atoms with E-state index in [0.29, 0.717) is 0 Å². The maximum absolute atomic E-state index is 11.4. The highest BCUT2D eigenvalue weighted by Gasteiger charge is 2.08. The molecule has 1 unspecified atom stereocenters. The minimum Gasteiger partial charge on any atom is -0.481 e. The Hall–Kier alpha value is -1.14. The largest absolute Gasteiger partial charge is 0.481 e. The SMILES string of the molecule is CC(CC(=O)O)NC(=O)/C=C/c1cc(Br)cs1. The number of amides is 1. The third kappa shape index (κ3) is 5.65. The average molecular weight is 318 g/mol. The Morgan fingerprint density at radius 1 is 1.65 bits per heavy atom. The lowest BCUT2D eigenvalue weighted by atomic mass is 10.2. The van der Waals surface area contributed by atoms with Crippen molar-refractivity contribution >= 4 is 45.2 Å². The lowest BCUT2D eigenvalue weighted by Crippen LogP contribution is -2.32. The molecule has 0 fully saturated rings. The Kier molecular flexibility index (Phi) is 5.37. The molecule has 1 aromatic heterocycles. The quantitative estimate of drug-likeness (QED) is 0.820. The number of carboxylic acid groups (broad SMARTS) is 1. The highest BCUT2D eigenvalue weighted by Crippen LogP contribution is 2.20. The Balaban J connectivity index is 2.44. The van der Waals surface area contributed by atoms with Gasteiger partial charge in [-0.05, 0) is 35.0 Å². The van der Waals surface area contributed by atoms with Crippen molar-refractivity contribution in [2.75, 3.05) is 0 Å². The summed E-state index contributed by atoms with van der Waals surface area (Å²) in [5, 5.41) is 13.0. The maximum atomic E-state index is 11.4. The van der Waals surface area contributed by atoms with Crippen LogP contribution in [0, 0.1) is 0 Å². The van der Waals surface area contributed by atoms with E-state index in [1.54, 1.807) is 13.0 Å². The van der Waals surface area contributed by atoms with Gasteiger partial charge in [-0.15, -0.1) is 11.3 Å². The van der Waals surface area contributed by atoms with E-state index in [1.807, 2.05) is 11.4 Å². The molecule has 1 amide bonds. The van der Waals surface area contributed by atoms with Crippen LogP contribution in [-0.4, -0.2) is 23.0 Å². The monoisotopic (exact) mass is 317 g/mol. The van der Waals surface area contributed by atoms with E-state index < -0.39 is 5.97 Å². The second kappa shape index (κ2) is 6.56. The minimum absolute atomic E-state index is 0.0792. The van der Waals surface area contributed by atoms with Crippen LogP contribution >= 0.6 is 27.3 Å². The second-order valence-corrected chi connectivity index (χ2v) is 5.37. The summed E-state index contributed by atoms with van der Waals surface area (Å²) in [6, 6.07) is 1.52. The van der Waals surface area contributed by atoms with Gasteiger partial charge in [0.15, 0.2) is 0 Å². The van der Waals surface area contributed by atoms with Crippen LogP contribution in [0.1, 0.15) is 18.2 Å². The van der Waals surface area contributed by atoms with Crippen molar-refractivity contribution in [2.24, 2.45) is 0 Å². The van der Waals surface area contributed by atoms with Gasteiger partial charge in [-0.25, -0.2) is 0 Å². The summed E-state index contributed by atoms with van der Waals surface area (Å²) < 4.78 is 0.974. The van der Waals surface area contributed by atoms with Crippen molar-refractivity contribution in [1.29, 1.82) is 0 Å². The van der Waals surface area contributed by atoms with Gasteiger partial charge in [0.1, 0.15) is 0 Å². The number of hydrogen-bond donors (Lipinski definition) is 2. The van der Waals surface area contributed by atoms with E-state index in [0.717, 1.165) is 9.35 Å². The molecule has 0 radical (unpaired) electrons. The highest BCUT2D eigenvalue weighted by molar-refractivity contribution is 9.10. The lowest BCUT2D eigenvalue weighted by Gasteiger charge is -2.08. The number of rotatable bonds is 5. The van der Waals surface area contributed by atoms with Gasteiger partial charge >= 0.3 is 5.97 Å². The molecule has 0 aliphatic rings. The summed E-state index contributed by atoms with van der Waals surface area (Å²) in [6.45, 7) is 1.65. The standard InChI is InChI=1S/C11H12BrNO3S/c1-7(4-11(15)16)13-10(14)3-2-9-5-8(12)6-17-9/h2-3,5-7H,4H2,1H3,(H,13,14)(H,15,16)/b3-2+. The summed E-state index contributed by atoms with van der Waals surface area (Å²) >= 11 is 4.83. The number of aliphatic carboxylic acids is 1. The zero-order valence-electron chi connectivity index (χ0n) is 9.14. The van der Waals surface area contributed by atoms with Crippen LogP contribution < -0.4 is 5.32 Å². The van der Waals surface area contributed by atoms with Gasteiger partial charge in [-0.1, -0.05) is 0 Å².